The van der Waals surface area contributed by atoms with E-state index in [1.54, 1.807) is 25.3 Å². The number of carbonyl (C=O) groups is 1. The minimum atomic E-state index is -0.474. The molecular formula is C11H13NO3. The molecule has 0 unspecified atom stereocenters. The molecule has 0 radical (unpaired) electrons. The van der Waals surface area contributed by atoms with Crippen molar-refractivity contribution >= 4 is 5.78 Å². The first kappa shape index (κ1) is 9.98. The topological polar surface area (TPSA) is 61.6 Å². The molecule has 1 aromatic carbocycles. The lowest BCUT2D eigenvalue weighted by atomic mass is 10.0. The van der Waals surface area contributed by atoms with Crippen molar-refractivity contribution in [3.63, 3.8) is 0 Å². The quantitative estimate of drug-likeness (QED) is 0.745. The van der Waals surface area contributed by atoms with E-state index in [0.29, 0.717) is 30.1 Å². The summed E-state index contributed by atoms with van der Waals surface area (Å²) < 4.78 is 10.6. The molecule has 4 nitrogen and oxygen atoms in total. The van der Waals surface area contributed by atoms with Gasteiger partial charge in [0, 0.05) is 6.42 Å². The van der Waals surface area contributed by atoms with E-state index < -0.39 is 6.04 Å². The maximum atomic E-state index is 11.8. The van der Waals surface area contributed by atoms with Gasteiger partial charge in [-0.1, -0.05) is 6.07 Å². The highest BCUT2D eigenvalue weighted by atomic mass is 16.5. The highest BCUT2D eigenvalue weighted by Crippen LogP contribution is 2.33. The summed E-state index contributed by atoms with van der Waals surface area (Å²) in [5, 5.41) is 0. The van der Waals surface area contributed by atoms with Gasteiger partial charge < -0.3 is 15.2 Å². The second kappa shape index (κ2) is 3.90. The number of rotatable bonds is 1. The molecule has 0 aromatic heterocycles. The molecular weight excluding hydrogens is 194 g/mol. The van der Waals surface area contributed by atoms with Crippen LogP contribution in [0.5, 0.6) is 11.5 Å². The Morgan fingerprint density at radius 2 is 2.33 bits per heavy atom. The minimum absolute atomic E-state index is 0.0820. The number of fused-ring (bicyclic) bond motifs is 1. The lowest BCUT2D eigenvalue weighted by molar-refractivity contribution is 0.0960. The van der Waals surface area contributed by atoms with Crippen LogP contribution in [0.2, 0.25) is 0 Å². The van der Waals surface area contributed by atoms with Crippen molar-refractivity contribution in [2.45, 2.75) is 12.5 Å². The van der Waals surface area contributed by atoms with E-state index in [-0.39, 0.29) is 5.78 Å². The number of benzene rings is 1. The summed E-state index contributed by atoms with van der Waals surface area (Å²) in [4.78, 5) is 11.8. The maximum absolute atomic E-state index is 11.8. The van der Waals surface area contributed by atoms with E-state index in [9.17, 15) is 4.79 Å². The van der Waals surface area contributed by atoms with Crippen molar-refractivity contribution in [2.75, 3.05) is 13.7 Å². The highest BCUT2D eigenvalue weighted by Gasteiger charge is 2.25. The van der Waals surface area contributed by atoms with Gasteiger partial charge in [-0.25, -0.2) is 0 Å². The molecule has 1 heterocycles. The minimum Gasteiger partial charge on any atom is -0.493 e. The number of para-hydroxylation sites is 1. The van der Waals surface area contributed by atoms with Crippen molar-refractivity contribution in [3.8, 4) is 11.5 Å². The Hall–Kier alpha value is -1.55. The van der Waals surface area contributed by atoms with Gasteiger partial charge in [-0.3, -0.25) is 4.79 Å². The molecule has 1 aliphatic heterocycles. The smallest absolute Gasteiger partial charge is 0.183 e. The molecule has 0 aliphatic carbocycles. The average Bonchev–Trinajstić information content (AvgIpc) is 2.40. The Bertz CT molecular complexity index is 389. The summed E-state index contributed by atoms with van der Waals surface area (Å²) >= 11 is 0. The molecule has 2 rings (SSSR count). The van der Waals surface area contributed by atoms with Gasteiger partial charge >= 0.3 is 0 Å². The summed E-state index contributed by atoms with van der Waals surface area (Å²) in [5.74, 6) is 1.01. The van der Waals surface area contributed by atoms with Crippen LogP contribution in [0.1, 0.15) is 16.8 Å². The Kier molecular flexibility index (Phi) is 2.60. The third-order valence-corrected chi connectivity index (χ3v) is 2.48. The monoisotopic (exact) mass is 207 g/mol. The molecule has 2 N–H and O–H groups in total. The first-order chi connectivity index (χ1) is 7.24. The van der Waals surface area contributed by atoms with Crippen molar-refractivity contribution in [2.24, 2.45) is 5.73 Å². The molecule has 0 saturated carbocycles. The fourth-order valence-electron chi connectivity index (χ4n) is 1.64. The van der Waals surface area contributed by atoms with Crippen molar-refractivity contribution in [3.05, 3.63) is 23.8 Å². The Balaban J connectivity index is 2.52. The van der Waals surface area contributed by atoms with Gasteiger partial charge in [0.2, 0.25) is 0 Å². The van der Waals surface area contributed by atoms with Gasteiger partial charge in [-0.05, 0) is 12.1 Å². The predicted octanol–water partition coefficient (Wildman–Crippen LogP) is 0.988. The van der Waals surface area contributed by atoms with Gasteiger partial charge in [-0.15, -0.1) is 0 Å². The van der Waals surface area contributed by atoms with Crippen LogP contribution >= 0.6 is 0 Å². The first-order valence-corrected chi connectivity index (χ1v) is 4.83. The fraction of sp³-hybridized carbons (Fsp3) is 0.364. The molecule has 4 heteroatoms. The normalized spacial score (nSPS) is 20.1. The number of carbonyl (C=O) groups excluding carboxylic acids is 1. The fourth-order valence-corrected chi connectivity index (χ4v) is 1.64. The number of ether oxygens (including phenoxy) is 2. The van der Waals surface area contributed by atoms with Crippen LogP contribution in [-0.2, 0) is 0 Å². The number of ketones is 1. The standard InChI is InChI=1S/C11H13NO3/c1-14-9-4-2-3-7-10(13)8(12)5-6-15-11(7)9/h2-4,8H,5-6,12H2,1H3/t8-/m1/s1. The summed E-state index contributed by atoms with van der Waals surface area (Å²) in [7, 11) is 1.55. The van der Waals surface area contributed by atoms with Crippen LogP contribution < -0.4 is 15.2 Å². The average molecular weight is 207 g/mol. The third-order valence-electron chi connectivity index (χ3n) is 2.48. The number of Topliss-reactive ketones (excluding diaryl/α,β-unsaturated/α-hetero) is 1. The number of nitrogens with two attached hydrogens (primary N) is 1. The summed E-state index contributed by atoms with van der Waals surface area (Å²) in [6.45, 7) is 0.445. The maximum Gasteiger partial charge on any atom is 0.183 e. The molecule has 80 valence electrons. The second-order valence-electron chi connectivity index (χ2n) is 3.44. The van der Waals surface area contributed by atoms with E-state index in [1.165, 1.54) is 0 Å². The van der Waals surface area contributed by atoms with Gasteiger partial charge in [0.15, 0.2) is 17.3 Å². The second-order valence-corrected chi connectivity index (χ2v) is 3.44. The molecule has 1 aromatic rings. The van der Waals surface area contributed by atoms with Gasteiger partial charge in [0.05, 0.1) is 25.3 Å². The molecule has 15 heavy (non-hydrogen) atoms. The molecule has 1 atom stereocenters. The van der Waals surface area contributed by atoms with E-state index >= 15 is 0 Å². The predicted molar refractivity (Wildman–Crippen MR) is 55.4 cm³/mol. The lowest BCUT2D eigenvalue weighted by Crippen LogP contribution is -2.30. The Morgan fingerprint density at radius 1 is 1.53 bits per heavy atom. The van der Waals surface area contributed by atoms with Gasteiger partial charge in [0.1, 0.15) is 0 Å². The largest absolute Gasteiger partial charge is 0.493 e. The lowest BCUT2D eigenvalue weighted by Gasteiger charge is -2.10. The Morgan fingerprint density at radius 3 is 3.07 bits per heavy atom. The molecule has 0 bridgehead atoms. The summed E-state index contributed by atoms with van der Waals surface area (Å²) in [5.41, 5.74) is 6.23. The summed E-state index contributed by atoms with van der Waals surface area (Å²) in [6, 6.07) is 4.77. The number of hydrogen-bond donors (Lipinski definition) is 1. The third kappa shape index (κ3) is 1.68. The van der Waals surface area contributed by atoms with Gasteiger partial charge in [-0.2, -0.15) is 0 Å². The van der Waals surface area contributed by atoms with Crippen LogP contribution in [0.25, 0.3) is 0 Å². The summed E-state index contributed by atoms with van der Waals surface area (Å²) in [6.07, 6.45) is 0.538. The van der Waals surface area contributed by atoms with Crippen molar-refractivity contribution in [1.82, 2.24) is 0 Å². The molecule has 0 fully saturated rings. The zero-order valence-electron chi connectivity index (χ0n) is 8.53. The molecule has 0 saturated heterocycles. The van der Waals surface area contributed by atoms with Crippen molar-refractivity contribution < 1.29 is 14.3 Å². The van der Waals surface area contributed by atoms with E-state index in [0.717, 1.165) is 0 Å². The molecule has 1 aliphatic rings. The van der Waals surface area contributed by atoms with Gasteiger partial charge in [0.25, 0.3) is 0 Å². The first-order valence-electron chi connectivity index (χ1n) is 4.83. The van der Waals surface area contributed by atoms with Crippen LogP contribution in [0.4, 0.5) is 0 Å². The van der Waals surface area contributed by atoms with Crippen LogP contribution in [0, 0.1) is 0 Å². The zero-order valence-corrected chi connectivity index (χ0v) is 8.53. The number of methoxy groups -OCH3 is 1. The van der Waals surface area contributed by atoms with Crippen LogP contribution in [0.3, 0.4) is 0 Å². The van der Waals surface area contributed by atoms with E-state index in [4.69, 9.17) is 15.2 Å². The van der Waals surface area contributed by atoms with Crippen LogP contribution in [0.15, 0.2) is 18.2 Å². The molecule has 0 amide bonds. The van der Waals surface area contributed by atoms with Crippen molar-refractivity contribution in [1.29, 1.82) is 0 Å². The van der Waals surface area contributed by atoms with Crippen LogP contribution in [-0.4, -0.2) is 25.5 Å². The molecule has 0 spiro atoms. The highest BCUT2D eigenvalue weighted by molar-refractivity contribution is 6.03. The Labute approximate surface area is 88.0 Å². The van der Waals surface area contributed by atoms with E-state index in [1.807, 2.05) is 0 Å². The number of hydrogen-bond acceptors (Lipinski definition) is 4. The van der Waals surface area contributed by atoms with E-state index in [2.05, 4.69) is 0 Å². The SMILES string of the molecule is COc1cccc2c1OCC[C@@H](N)C2=O. The zero-order chi connectivity index (χ0) is 10.8.